The molecule has 3 heterocycles. The minimum absolute atomic E-state index is 0.0350. The number of benzene rings is 1. The number of carbonyl (C=O) groups excluding carboxylic acids is 2. The fraction of sp³-hybridized carbons (Fsp3) is 0.385. The number of amides is 2. The summed E-state index contributed by atoms with van der Waals surface area (Å²) in [6.07, 6.45) is 1.98. The number of piperazine rings is 1. The summed E-state index contributed by atoms with van der Waals surface area (Å²) in [4.78, 5) is 31.3. The van der Waals surface area contributed by atoms with Crippen molar-refractivity contribution >= 4 is 17.6 Å². The van der Waals surface area contributed by atoms with Crippen LogP contribution in [-0.4, -0.2) is 64.5 Å². The van der Waals surface area contributed by atoms with Gasteiger partial charge in [0.05, 0.1) is 18.5 Å². The highest BCUT2D eigenvalue weighted by Crippen LogP contribution is 2.19. The van der Waals surface area contributed by atoms with Crippen LogP contribution >= 0.6 is 0 Å². The number of carbonyl (C=O) groups is 2. The topological polar surface area (TPSA) is 82.8 Å². The number of hydrogen-bond donors (Lipinski definition) is 0. The lowest BCUT2D eigenvalue weighted by Gasteiger charge is -2.36. The predicted molar refractivity (Wildman–Crippen MR) is 130 cm³/mol. The first-order valence-corrected chi connectivity index (χ1v) is 11.7. The zero-order chi connectivity index (χ0) is 23.9. The largest absolute Gasteiger partial charge is 0.467 e. The van der Waals surface area contributed by atoms with Crippen LogP contribution in [0.25, 0.3) is 11.3 Å². The Labute approximate surface area is 200 Å². The van der Waals surface area contributed by atoms with Gasteiger partial charge in [0.2, 0.25) is 11.8 Å². The molecule has 178 valence electrons. The molecule has 2 aromatic heterocycles. The van der Waals surface area contributed by atoms with Crippen molar-refractivity contribution in [1.29, 1.82) is 0 Å². The average Bonchev–Trinajstić information content (AvgIpc) is 3.37. The van der Waals surface area contributed by atoms with Crippen LogP contribution in [0.2, 0.25) is 0 Å². The van der Waals surface area contributed by atoms with Crippen molar-refractivity contribution in [2.75, 3.05) is 37.6 Å². The van der Waals surface area contributed by atoms with Gasteiger partial charge in [0.15, 0.2) is 5.82 Å². The summed E-state index contributed by atoms with van der Waals surface area (Å²) in [6, 6.07) is 17.5. The maximum absolute atomic E-state index is 13.0. The van der Waals surface area contributed by atoms with E-state index in [2.05, 4.69) is 15.1 Å². The molecule has 1 saturated heterocycles. The molecule has 0 spiro atoms. The van der Waals surface area contributed by atoms with Gasteiger partial charge in [-0.15, -0.1) is 10.2 Å². The molecule has 8 heteroatoms. The maximum atomic E-state index is 13.0. The average molecular weight is 462 g/mol. The maximum Gasteiger partial charge on any atom is 0.242 e. The summed E-state index contributed by atoms with van der Waals surface area (Å²) in [6.45, 7) is 6.85. The van der Waals surface area contributed by atoms with E-state index in [1.165, 1.54) is 0 Å². The van der Waals surface area contributed by atoms with Gasteiger partial charge < -0.3 is 19.1 Å². The first-order chi connectivity index (χ1) is 16.5. The number of furan rings is 1. The Morgan fingerprint density at radius 3 is 2.35 bits per heavy atom. The zero-order valence-corrected chi connectivity index (χ0v) is 19.8. The van der Waals surface area contributed by atoms with Crippen LogP contribution in [0.3, 0.4) is 0 Å². The third kappa shape index (κ3) is 6.01. The summed E-state index contributed by atoms with van der Waals surface area (Å²) in [5.41, 5.74) is 1.86. The normalized spacial score (nSPS) is 13.9. The molecular formula is C26H31N5O3. The van der Waals surface area contributed by atoms with Gasteiger partial charge in [0, 0.05) is 38.2 Å². The smallest absolute Gasteiger partial charge is 0.242 e. The molecule has 0 unspecified atom stereocenters. The number of anilines is 1. The molecule has 0 aliphatic carbocycles. The first-order valence-electron chi connectivity index (χ1n) is 11.7. The third-order valence-electron chi connectivity index (χ3n) is 5.86. The van der Waals surface area contributed by atoms with E-state index in [4.69, 9.17) is 4.42 Å². The lowest BCUT2D eigenvalue weighted by Crippen LogP contribution is -2.52. The Balaban J connectivity index is 1.33. The lowest BCUT2D eigenvalue weighted by atomic mass is 10.1. The van der Waals surface area contributed by atoms with Crippen molar-refractivity contribution in [2.24, 2.45) is 5.92 Å². The van der Waals surface area contributed by atoms with E-state index in [0.29, 0.717) is 44.9 Å². The molecule has 1 aliphatic heterocycles. The highest BCUT2D eigenvalue weighted by molar-refractivity contribution is 5.85. The van der Waals surface area contributed by atoms with Gasteiger partial charge in [0.25, 0.3) is 0 Å². The van der Waals surface area contributed by atoms with Gasteiger partial charge in [-0.25, -0.2) is 0 Å². The van der Waals surface area contributed by atoms with E-state index in [0.717, 1.165) is 17.1 Å². The third-order valence-corrected chi connectivity index (χ3v) is 5.86. The highest BCUT2D eigenvalue weighted by Gasteiger charge is 2.26. The fourth-order valence-corrected chi connectivity index (χ4v) is 4.01. The van der Waals surface area contributed by atoms with Gasteiger partial charge in [-0.05, 0) is 30.2 Å². The molecule has 1 aromatic carbocycles. The molecular weight excluding hydrogens is 430 g/mol. The van der Waals surface area contributed by atoms with Crippen molar-refractivity contribution in [3.8, 4) is 11.3 Å². The van der Waals surface area contributed by atoms with Crippen LogP contribution in [-0.2, 0) is 16.1 Å². The molecule has 0 bridgehead atoms. The number of hydrogen-bond acceptors (Lipinski definition) is 6. The molecule has 0 N–H and O–H groups in total. The number of rotatable bonds is 8. The van der Waals surface area contributed by atoms with Gasteiger partial charge in [-0.2, -0.15) is 0 Å². The van der Waals surface area contributed by atoms with Crippen LogP contribution in [0.4, 0.5) is 5.82 Å². The Hall–Kier alpha value is -3.68. The van der Waals surface area contributed by atoms with Crippen LogP contribution in [0.15, 0.2) is 65.3 Å². The van der Waals surface area contributed by atoms with Crippen molar-refractivity contribution in [1.82, 2.24) is 20.0 Å². The van der Waals surface area contributed by atoms with Gasteiger partial charge in [-0.3, -0.25) is 9.59 Å². The molecule has 0 saturated carbocycles. The molecule has 8 nitrogen and oxygen atoms in total. The SMILES string of the molecule is CC(C)CC(=O)N(CC(=O)N1CCN(c2ccc(-c3ccccc3)nn2)CC1)Cc1ccco1. The van der Waals surface area contributed by atoms with Gasteiger partial charge >= 0.3 is 0 Å². The van der Waals surface area contributed by atoms with Crippen LogP contribution < -0.4 is 4.90 Å². The van der Waals surface area contributed by atoms with E-state index in [9.17, 15) is 9.59 Å². The summed E-state index contributed by atoms with van der Waals surface area (Å²) in [5, 5.41) is 8.77. The molecule has 1 fully saturated rings. The molecule has 3 aromatic rings. The second kappa shape index (κ2) is 11.0. The van der Waals surface area contributed by atoms with Crippen LogP contribution in [0, 0.1) is 5.92 Å². The summed E-state index contributed by atoms with van der Waals surface area (Å²) >= 11 is 0. The second-order valence-corrected chi connectivity index (χ2v) is 8.94. The monoisotopic (exact) mass is 461 g/mol. The van der Waals surface area contributed by atoms with E-state index >= 15 is 0 Å². The summed E-state index contributed by atoms with van der Waals surface area (Å²) in [7, 11) is 0. The van der Waals surface area contributed by atoms with E-state index in [-0.39, 0.29) is 24.3 Å². The quantitative estimate of drug-likeness (QED) is 0.511. The molecule has 34 heavy (non-hydrogen) atoms. The lowest BCUT2D eigenvalue weighted by molar-refractivity contribution is -0.141. The predicted octanol–water partition coefficient (Wildman–Crippen LogP) is 3.46. The standard InChI is InChI=1S/C26H31N5O3/c1-20(2)17-25(32)31(18-22-9-6-16-34-22)19-26(33)30-14-12-29(13-15-30)24-11-10-23(27-28-24)21-7-4-3-5-8-21/h3-11,16,20H,12-15,17-19H2,1-2H3. The molecule has 4 rings (SSSR count). The van der Waals surface area contributed by atoms with E-state index in [1.807, 2.05) is 67.3 Å². The van der Waals surface area contributed by atoms with Crippen molar-refractivity contribution in [3.63, 3.8) is 0 Å². The Morgan fingerprint density at radius 2 is 1.74 bits per heavy atom. The minimum Gasteiger partial charge on any atom is -0.467 e. The van der Waals surface area contributed by atoms with Crippen molar-refractivity contribution < 1.29 is 14.0 Å². The zero-order valence-electron chi connectivity index (χ0n) is 19.8. The number of aromatic nitrogens is 2. The van der Waals surface area contributed by atoms with Gasteiger partial charge in [-0.1, -0.05) is 44.2 Å². The summed E-state index contributed by atoms with van der Waals surface area (Å²) < 4.78 is 5.41. The van der Waals surface area contributed by atoms with E-state index in [1.54, 1.807) is 17.2 Å². The summed E-state index contributed by atoms with van der Waals surface area (Å²) in [5.74, 6) is 1.62. The molecule has 0 atom stereocenters. The Morgan fingerprint density at radius 1 is 0.971 bits per heavy atom. The van der Waals surface area contributed by atoms with Crippen LogP contribution in [0.5, 0.6) is 0 Å². The highest BCUT2D eigenvalue weighted by atomic mass is 16.3. The van der Waals surface area contributed by atoms with Gasteiger partial charge in [0.1, 0.15) is 12.3 Å². The van der Waals surface area contributed by atoms with Crippen molar-refractivity contribution in [3.05, 3.63) is 66.6 Å². The number of nitrogens with zero attached hydrogens (tertiary/aromatic N) is 5. The molecule has 0 radical (unpaired) electrons. The fourth-order valence-electron chi connectivity index (χ4n) is 4.01. The van der Waals surface area contributed by atoms with E-state index < -0.39 is 0 Å². The molecule has 1 aliphatic rings. The molecule has 2 amide bonds. The Bertz CT molecular complexity index is 1060. The second-order valence-electron chi connectivity index (χ2n) is 8.94. The Kier molecular flexibility index (Phi) is 7.57. The minimum atomic E-state index is -0.0474. The van der Waals surface area contributed by atoms with Crippen LogP contribution in [0.1, 0.15) is 26.0 Å². The first kappa shape index (κ1) is 23.5. The van der Waals surface area contributed by atoms with Crippen molar-refractivity contribution in [2.45, 2.75) is 26.8 Å².